The lowest BCUT2D eigenvalue weighted by Crippen LogP contribution is -2.68. The second kappa shape index (κ2) is 6.67. The fourth-order valence-electron chi connectivity index (χ4n) is 3.15. The average molecular weight is 374 g/mol. The summed E-state index contributed by atoms with van der Waals surface area (Å²) in [7, 11) is -3.03. The van der Waals surface area contributed by atoms with Gasteiger partial charge in [-0.25, -0.2) is 18.6 Å². The van der Waals surface area contributed by atoms with Gasteiger partial charge in [-0.15, -0.1) is 10.2 Å². The van der Waals surface area contributed by atoms with Crippen LogP contribution in [-0.2, 0) is 15.7 Å². The molecule has 0 bridgehead atoms. The third-order valence-electron chi connectivity index (χ3n) is 4.48. The Morgan fingerprint density at radius 2 is 1.67 bits per heavy atom. The summed E-state index contributed by atoms with van der Waals surface area (Å²) in [4.78, 5) is 16.0. The maximum Gasteiger partial charge on any atom is 0.283 e. The van der Waals surface area contributed by atoms with E-state index in [1.54, 1.807) is 0 Å². The molecule has 24 heavy (non-hydrogen) atoms. The minimum Gasteiger partial charge on any atom is -0.306 e. The van der Waals surface area contributed by atoms with E-state index in [0.717, 1.165) is 17.9 Å². The number of fused-ring (bicyclic) bond motifs is 3. The first-order valence-corrected chi connectivity index (χ1v) is 9.93. The number of amides is 1. The topological polar surface area (TPSA) is 113 Å². The van der Waals surface area contributed by atoms with E-state index in [2.05, 4.69) is 39.0 Å². The van der Waals surface area contributed by atoms with Crippen LogP contribution in [0.1, 0.15) is 27.2 Å². The predicted molar refractivity (Wildman–Crippen MR) is 81.7 cm³/mol. The summed E-state index contributed by atoms with van der Waals surface area (Å²) in [6.45, 7) is 6.54. The van der Waals surface area contributed by atoms with Gasteiger partial charge in [0.2, 0.25) is 4.75 Å². The highest BCUT2D eigenvalue weighted by molar-refractivity contribution is 7.99. The van der Waals surface area contributed by atoms with Crippen molar-refractivity contribution in [3.63, 3.8) is 0 Å². The molecule has 1 aromatic rings. The van der Waals surface area contributed by atoms with Crippen LogP contribution in [0.2, 0.25) is 0 Å². The summed E-state index contributed by atoms with van der Waals surface area (Å²) >= 11 is 0. The normalized spacial score (nSPS) is 26.4. The Balaban J connectivity index is 0.000000368. The van der Waals surface area contributed by atoms with E-state index in [1.807, 2.05) is 18.0 Å². The Kier molecular flexibility index (Phi) is 5.34. The zero-order valence-corrected chi connectivity index (χ0v) is 15.6. The summed E-state index contributed by atoms with van der Waals surface area (Å²) in [5.41, 5.74) is 3.96. The highest BCUT2D eigenvalue weighted by Gasteiger charge is 2.58. The lowest BCUT2D eigenvalue weighted by molar-refractivity contribution is -2.00. The number of benzene rings is 1. The standard InChI is InChI=1S/C16H20NOS.ClHO4/c1-11-9-16(3)15(18)17(4)13-7-5-6-8-14(13)19(16)10-12(11)2;2-1(3,4)5/h5-8H,9-10H2,1-4H3;(H,2,3,4,5)/q+1;/p-1. The van der Waals surface area contributed by atoms with Crippen molar-refractivity contribution < 1.29 is 33.7 Å². The molecule has 8 heteroatoms. The maximum absolute atomic E-state index is 12.8. The van der Waals surface area contributed by atoms with E-state index in [1.165, 1.54) is 16.0 Å². The van der Waals surface area contributed by atoms with Gasteiger partial charge in [-0.05, 0) is 38.5 Å². The van der Waals surface area contributed by atoms with Crippen LogP contribution in [0.4, 0.5) is 5.69 Å². The molecule has 0 saturated carbocycles. The van der Waals surface area contributed by atoms with Crippen molar-refractivity contribution in [2.45, 2.75) is 36.8 Å². The van der Waals surface area contributed by atoms with Crippen LogP contribution in [0.15, 0.2) is 40.3 Å². The van der Waals surface area contributed by atoms with Crippen molar-refractivity contribution in [2.24, 2.45) is 0 Å². The van der Waals surface area contributed by atoms with Crippen molar-refractivity contribution in [2.75, 3.05) is 17.7 Å². The van der Waals surface area contributed by atoms with Crippen molar-refractivity contribution in [3.8, 4) is 0 Å². The fourth-order valence-corrected chi connectivity index (χ4v) is 6.23. The smallest absolute Gasteiger partial charge is 0.283 e. The number of hydrogen-bond acceptors (Lipinski definition) is 5. The monoisotopic (exact) mass is 373 g/mol. The number of nitrogens with zero attached hydrogens (tertiary/aromatic N) is 1. The highest BCUT2D eigenvalue weighted by atomic mass is 35.7. The summed E-state index contributed by atoms with van der Waals surface area (Å²) in [5.74, 6) is 1.32. The van der Waals surface area contributed by atoms with Crippen LogP contribution in [0.5, 0.6) is 0 Å². The molecular weight excluding hydrogens is 354 g/mol. The molecule has 0 spiro atoms. The lowest BCUT2D eigenvalue weighted by atomic mass is 9.95. The Morgan fingerprint density at radius 3 is 2.25 bits per heavy atom. The molecule has 0 radical (unpaired) electrons. The van der Waals surface area contributed by atoms with Gasteiger partial charge in [0.15, 0.2) is 4.90 Å². The molecule has 132 valence electrons. The second-order valence-electron chi connectivity index (χ2n) is 6.21. The first-order chi connectivity index (χ1) is 10.9. The number of allylic oxidation sites excluding steroid dienone is 1. The molecule has 2 aliphatic heterocycles. The number of anilines is 1. The van der Waals surface area contributed by atoms with Gasteiger partial charge in [0.05, 0.1) is 5.69 Å². The maximum atomic E-state index is 12.8. The summed E-state index contributed by atoms with van der Waals surface area (Å²) in [5, 5.41) is 0. The van der Waals surface area contributed by atoms with Crippen molar-refractivity contribution >= 4 is 22.5 Å². The molecule has 1 amide bonds. The zero-order chi connectivity index (χ0) is 18.3. The van der Waals surface area contributed by atoms with Crippen LogP contribution in [0.25, 0.3) is 0 Å². The van der Waals surface area contributed by atoms with Gasteiger partial charge in [0.25, 0.3) is 5.91 Å². The summed E-state index contributed by atoms with van der Waals surface area (Å²) < 4.78 is 33.7. The van der Waals surface area contributed by atoms with E-state index in [-0.39, 0.29) is 21.5 Å². The van der Waals surface area contributed by atoms with Gasteiger partial charge in [-0.1, -0.05) is 17.7 Å². The van der Waals surface area contributed by atoms with Crippen LogP contribution in [0, 0.1) is 10.2 Å². The Labute approximate surface area is 146 Å². The number of carbonyl (C=O) groups excluding carboxylic acids is 1. The number of carbonyl (C=O) groups is 1. The van der Waals surface area contributed by atoms with Gasteiger partial charge in [-0.2, -0.15) is 0 Å². The third kappa shape index (κ3) is 3.77. The number of halogens is 1. The molecule has 1 aromatic carbocycles. The lowest BCUT2D eigenvalue weighted by Gasteiger charge is -2.40. The zero-order valence-electron chi connectivity index (χ0n) is 14.0. The number of rotatable bonds is 0. The van der Waals surface area contributed by atoms with Gasteiger partial charge in [-0.3, -0.25) is 4.79 Å². The number of hydrogen-bond donors (Lipinski definition) is 0. The molecule has 2 heterocycles. The van der Waals surface area contributed by atoms with Crippen molar-refractivity contribution in [3.05, 3.63) is 35.4 Å². The quantitative estimate of drug-likeness (QED) is 0.401. The molecule has 6 nitrogen and oxygen atoms in total. The summed E-state index contributed by atoms with van der Waals surface area (Å²) in [6, 6.07) is 8.39. The Morgan fingerprint density at radius 1 is 1.12 bits per heavy atom. The van der Waals surface area contributed by atoms with Crippen molar-refractivity contribution in [1.82, 2.24) is 0 Å². The van der Waals surface area contributed by atoms with Crippen LogP contribution in [0.3, 0.4) is 0 Å². The Hall–Kier alpha value is -1.09. The molecule has 2 aliphatic rings. The van der Waals surface area contributed by atoms with Gasteiger partial charge < -0.3 is 4.90 Å². The predicted octanol–water partition coefficient (Wildman–Crippen LogP) is -1.62. The molecule has 0 aromatic heterocycles. The first kappa shape index (κ1) is 19.2. The molecule has 2 unspecified atom stereocenters. The van der Waals surface area contributed by atoms with Crippen molar-refractivity contribution in [1.29, 1.82) is 0 Å². The second-order valence-corrected chi connectivity index (χ2v) is 9.38. The molecule has 0 N–H and O–H groups in total. The molecule has 0 aliphatic carbocycles. The van der Waals surface area contributed by atoms with Crippen LogP contribution >= 0.6 is 0 Å². The largest absolute Gasteiger partial charge is 0.306 e. The Bertz CT molecular complexity index is 681. The van der Waals surface area contributed by atoms with E-state index in [0.29, 0.717) is 0 Å². The van der Waals surface area contributed by atoms with Gasteiger partial charge in [0, 0.05) is 24.4 Å². The summed E-state index contributed by atoms with van der Waals surface area (Å²) in [6.07, 6.45) is 0.902. The minimum absolute atomic E-state index is 0.00620. The van der Waals surface area contributed by atoms with E-state index >= 15 is 0 Å². The average Bonchev–Trinajstić information content (AvgIpc) is 2.47. The molecule has 0 saturated heterocycles. The highest BCUT2D eigenvalue weighted by Crippen LogP contribution is 2.47. The van der Waals surface area contributed by atoms with Gasteiger partial charge >= 0.3 is 0 Å². The van der Waals surface area contributed by atoms with Crippen LogP contribution in [-0.4, -0.2) is 23.5 Å². The third-order valence-corrected chi connectivity index (χ3v) is 7.49. The van der Waals surface area contributed by atoms with E-state index < -0.39 is 10.2 Å². The first-order valence-electron chi connectivity index (χ1n) is 7.30. The molecule has 3 rings (SSSR count). The van der Waals surface area contributed by atoms with Gasteiger partial charge in [0.1, 0.15) is 5.75 Å². The van der Waals surface area contributed by atoms with E-state index in [4.69, 9.17) is 18.6 Å². The SMILES string of the molecule is CC1=C(C)CC2(C)C(=O)N(C)c3ccccc3[S+]2C1.[O-][Cl+3]([O-])([O-])[O-]. The molecular formula is C16H20ClNO5S. The number of para-hydroxylation sites is 1. The fraction of sp³-hybridized carbons (Fsp3) is 0.438. The minimum atomic E-state index is -4.94. The molecule has 2 atom stereocenters. The van der Waals surface area contributed by atoms with E-state index in [9.17, 15) is 4.79 Å². The van der Waals surface area contributed by atoms with Crippen LogP contribution < -0.4 is 23.5 Å². The molecule has 0 fully saturated rings.